The standard InChI is InChI=1S/C28H27FN4O2/c1-4-33(17-20-8-12-25-21(14-20)6-5-13-30-25)27-18(2)7-11-26(32-27)22-9-10-23(24(29)15-22)28(35)31-16-19(3)34/h4-15,19,34H,1,16-17H2,2-3H3,(H,31,35). The minimum atomic E-state index is -0.712. The molecular formula is C28H27FN4O2. The Bertz CT molecular complexity index is 1390. The molecule has 0 aliphatic heterocycles. The lowest BCUT2D eigenvalue weighted by Crippen LogP contribution is -2.31. The van der Waals surface area contributed by atoms with E-state index in [1.54, 1.807) is 25.4 Å². The summed E-state index contributed by atoms with van der Waals surface area (Å²) in [6.45, 7) is 8.08. The van der Waals surface area contributed by atoms with Gasteiger partial charge in [0.05, 0.1) is 22.9 Å². The van der Waals surface area contributed by atoms with E-state index in [9.17, 15) is 14.3 Å². The molecule has 2 N–H and O–H groups in total. The van der Waals surface area contributed by atoms with E-state index < -0.39 is 17.8 Å². The van der Waals surface area contributed by atoms with Gasteiger partial charge in [-0.05, 0) is 67.6 Å². The van der Waals surface area contributed by atoms with E-state index in [-0.39, 0.29) is 12.1 Å². The first-order valence-corrected chi connectivity index (χ1v) is 11.3. The van der Waals surface area contributed by atoms with Crippen molar-refractivity contribution in [2.24, 2.45) is 0 Å². The van der Waals surface area contributed by atoms with Crippen molar-refractivity contribution in [1.82, 2.24) is 15.3 Å². The van der Waals surface area contributed by atoms with Crippen molar-refractivity contribution in [1.29, 1.82) is 0 Å². The van der Waals surface area contributed by atoms with Crippen molar-refractivity contribution >= 4 is 22.6 Å². The molecule has 178 valence electrons. The number of anilines is 1. The van der Waals surface area contributed by atoms with Crippen molar-refractivity contribution in [2.45, 2.75) is 26.5 Å². The molecule has 0 bridgehead atoms. The van der Waals surface area contributed by atoms with Crippen LogP contribution in [0.4, 0.5) is 10.2 Å². The molecule has 6 nitrogen and oxygen atoms in total. The number of amides is 1. The second-order valence-electron chi connectivity index (χ2n) is 8.43. The van der Waals surface area contributed by atoms with Gasteiger partial charge in [0.15, 0.2) is 0 Å². The van der Waals surface area contributed by atoms with Crippen molar-refractivity contribution in [3.63, 3.8) is 0 Å². The first-order valence-electron chi connectivity index (χ1n) is 11.3. The summed E-state index contributed by atoms with van der Waals surface area (Å²) in [5.41, 5.74) is 4.01. The summed E-state index contributed by atoms with van der Waals surface area (Å²) in [6, 6.07) is 18.2. The predicted octanol–water partition coefficient (Wildman–Crippen LogP) is 5.01. The number of hydrogen-bond donors (Lipinski definition) is 2. The average Bonchev–Trinajstić information content (AvgIpc) is 2.86. The van der Waals surface area contributed by atoms with Crippen LogP contribution >= 0.6 is 0 Å². The molecule has 1 amide bonds. The van der Waals surface area contributed by atoms with Crippen LogP contribution in [0.3, 0.4) is 0 Å². The summed E-state index contributed by atoms with van der Waals surface area (Å²) in [6.07, 6.45) is 2.78. The van der Waals surface area contributed by atoms with E-state index in [1.807, 2.05) is 48.2 Å². The Hall–Kier alpha value is -4.10. The molecule has 2 aromatic heterocycles. The molecule has 2 aromatic carbocycles. The van der Waals surface area contributed by atoms with Crippen LogP contribution in [-0.2, 0) is 6.54 Å². The van der Waals surface area contributed by atoms with Crippen LogP contribution in [0.2, 0.25) is 0 Å². The molecular weight excluding hydrogens is 443 g/mol. The minimum absolute atomic E-state index is 0.0496. The molecule has 0 saturated carbocycles. The van der Waals surface area contributed by atoms with Gasteiger partial charge < -0.3 is 15.3 Å². The van der Waals surface area contributed by atoms with Gasteiger partial charge in [0.25, 0.3) is 5.91 Å². The molecule has 1 atom stereocenters. The lowest BCUT2D eigenvalue weighted by molar-refractivity contribution is 0.0920. The van der Waals surface area contributed by atoms with E-state index in [0.717, 1.165) is 22.0 Å². The highest BCUT2D eigenvalue weighted by atomic mass is 19.1. The SMILES string of the molecule is C=CN(Cc1ccc2ncccc2c1)c1nc(-c2ccc(C(=O)NCC(C)O)c(F)c2)ccc1C. The molecule has 0 radical (unpaired) electrons. The highest BCUT2D eigenvalue weighted by molar-refractivity contribution is 5.95. The second kappa shape index (κ2) is 10.4. The zero-order valence-electron chi connectivity index (χ0n) is 19.7. The van der Waals surface area contributed by atoms with Gasteiger partial charge in [0.2, 0.25) is 0 Å². The summed E-state index contributed by atoms with van der Waals surface area (Å²) in [7, 11) is 0. The van der Waals surface area contributed by atoms with E-state index in [1.165, 1.54) is 12.1 Å². The molecule has 4 aromatic rings. The second-order valence-corrected chi connectivity index (χ2v) is 8.43. The molecule has 4 rings (SSSR count). The van der Waals surface area contributed by atoms with Crippen LogP contribution < -0.4 is 10.2 Å². The highest BCUT2D eigenvalue weighted by Crippen LogP contribution is 2.27. The van der Waals surface area contributed by atoms with Crippen LogP contribution in [0.25, 0.3) is 22.2 Å². The van der Waals surface area contributed by atoms with Crippen molar-refractivity contribution in [2.75, 3.05) is 11.4 Å². The number of halogens is 1. The summed E-state index contributed by atoms with van der Waals surface area (Å²) >= 11 is 0. The van der Waals surface area contributed by atoms with Crippen LogP contribution in [0.5, 0.6) is 0 Å². The van der Waals surface area contributed by atoms with Crippen molar-refractivity contribution in [3.8, 4) is 11.3 Å². The van der Waals surface area contributed by atoms with Crippen LogP contribution in [0.15, 0.2) is 79.6 Å². The summed E-state index contributed by atoms with van der Waals surface area (Å²) < 4.78 is 14.7. The Morgan fingerprint density at radius 1 is 1.20 bits per heavy atom. The van der Waals surface area contributed by atoms with Crippen LogP contribution in [-0.4, -0.2) is 33.6 Å². The number of benzene rings is 2. The Kier molecular flexibility index (Phi) is 7.17. The molecule has 0 fully saturated rings. The third kappa shape index (κ3) is 5.53. The van der Waals surface area contributed by atoms with Gasteiger partial charge in [0.1, 0.15) is 11.6 Å². The molecule has 35 heavy (non-hydrogen) atoms. The van der Waals surface area contributed by atoms with E-state index >= 15 is 0 Å². The third-order valence-corrected chi connectivity index (χ3v) is 5.65. The summed E-state index contributed by atoms with van der Waals surface area (Å²) in [5.74, 6) is -0.515. The Morgan fingerprint density at radius 2 is 2.03 bits per heavy atom. The lowest BCUT2D eigenvalue weighted by atomic mass is 10.1. The van der Waals surface area contributed by atoms with Gasteiger partial charge in [-0.25, -0.2) is 9.37 Å². The number of aromatic nitrogens is 2. The number of carbonyl (C=O) groups excluding carboxylic acids is 1. The lowest BCUT2D eigenvalue weighted by Gasteiger charge is -2.22. The van der Waals surface area contributed by atoms with E-state index in [0.29, 0.717) is 23.6 Å². The largest absolute Gasteiger partial charge is 0.392 e. The van der Waals surface area contributed by atoms with Crippen LogP contribution in [0.1, 0.15) is 28.4 Å². The summed E-state index contributed by atoms with van der Waals surface area (Å²) in [5, 5.41) is 12.9. The fraction of sp³-hybridized carbons (Fsp3) is 0.179. The number of aliphatic hydroxyl groups excluding tert-OH is 1. The summed E-state index contributed by atoms with van der Waals surface area (Å²) in [4.78, 5) is 23.3. The maximum Gasteiger partial charge on any atom is 0.254 e. The fourth-order valence-corrected chi connectivity index (χ4v) is 3.81. The molecule has 0 aliphatic rings. The molecule has 2 heterocycles. The van der Waals surface area contributed by atoms with Gasteiger partial charge in [-0.1, -0.05) is 30.8 Å². The van der Waals surface area contributed by atoms with Crippen molar-refractivity contribution < 1.29 is 14.3 Å². The number of pyridine rings is 2. The van der Waals surface area contributed by atoms with Crippen molar-refractivity contribution in [3.05, 3.63) is 102 Å². The first kappa shape index (κ1) is 24.0. The number of carbonyl (C=O) groups is 1. The van der Waals surface area contributed by atoms with Gasteiger partial charge >= 0.3 is 0 Å². The fourth-order valence-electron chi connectivity index (χ4n) is 3.81. The number of fused-ring (bicyclic) bond motifs is 1. The normalized spacial score (nSPS) is 11.8. The Labute approximate surface area is 203 Å². The third-order valence-electron chi connectivity index (χ3n) is 5.65. The predicted molar refractivity (Wildman–Crippen MR) is 137 cm³/mol. The zero-order valence-corrected chi connectivity index (χ0v) is 19.7. The number of nitrogens with one attached hydrogen (secondary N) is 1. The molecule has 0 aliphatic carbocycles. The minimum Gasteiger partial charge on any atom is -0.392 e. The number of nitrogens with zero attached hydrogens (tertiary/aromatic N) is 3. The molecule has 0 saturated heterocycles. The first-order chi connectivity index (χ1) is 16.9. The van der Waals surface area contributed by atoms with Gasteiger partial charge in [-0.3, -0.25) is 9.78 Å². The van der Waals surface area contributed by atoms with E-state index in [2.05, 4.69) is 22.9 Å². The maximum atomic E-state index is 14.7. The van der Waals surface area contributed by atoms with Gasteiger partial charge in [-0.2, -0.15) is 0 Å². The number of aliphatic hydroxyl groups is 1. The number of aryl methyl sites for hydroxylation is 1. The number of rotatable bonds is 8. The number of hydrogen-bond acceptors (Lipinski definition) is 5. The van der Waals surface area contributed by atoms with Gasteiger partial charge in [0, 0.05) is 30.2 Å². The quantitative estimate of drug-likeness (QED) is 0.379. The topological polar surface area (TPSA) is 78.4 Å². The average molecular weight is 471 g/mol. The van der Waals surface area contributed by atoms with Crippen LogP contribution in [0, 0.1) is 12.7 Å². The Morgan fingerprint density at radius 3 is 2.77 bits per heavy atom. The molecule has 0 spiro atoms. The highest BCUT2D eigenvalue weighted by Gasteiger charge is 2.16. The van der Waals surface area contributed by atoms with Gasteiger partial charge in [-0.15, -0.1) is 0 Å². The maximum absolute atomic E-state index is 14.7. The molecule has 1 unspecified atom stereocenters. The zero-order chi connectivity index (χ0) is 24.9. The Balaban J connectivity index is 1.60. The monoisotopic (exact) mass is 470 g/mol. The smallest absolute Gasteiger partial charge is 0.254 e. The molecule has 7 heteroatoms. The van der Waals surface area contributed by atoms with E-state index in [4.69, 9.17) is 4.98 Å².